The molecular formula is C23H15N5OS2. The summed E-state index contributed by atoms with van der Waals surface area (Å²) in [6.45, 7) is 0. The van der Waals surface area contributed by atoms with Gasteiger partial charge in [-0.25, -0.2) is 4.68 Å². The maximum absolute atomic E-state index is 13.1. The zero-order chi connectivity index (χ0) is 21.2. The van der Waals surface area contributed by atoms with Crippen LogP contribution in [-0.4, -0.2) is 30.0 Å². The highest BCUT2D eigenvalue weighted by Gasteiger charge is 2.33. The molecular weight excluding hydrogens is 426 g/mol. The molecule has 6 nitrogen and oxygen atoms in total. The van der Waals surface area contributed by atoms with Gasteiger partial charge >= 0.3 is 0 Å². The molecule has 31 heavy (non-hydrogen) atoms. The van der Waals surface area contributed by atoms with Crippen molar-refractivity contribution in [3.8, 4) is 16.9 Å². The third-order valence-corrected chi connectivity index (χ3v) is 5.98. The summed E-state index contributed by atoms with van der Waals surface area (Å²) in [5.41, 5.74) is 3.99. The summed E-state index contributed by atoms with van der Waals surface area (Å²) in [6.07, 6.45) is 10.5. The number of hydrogen-bond donors (Lipinski definition) is 0. The van der Waals surface area contributed by atoms with Crippen LogP contribution in [0.4, 0.5) is 5.69 Å². The van der Waals surface area contributed by atoms with E-state index in [-0.39, 0.29) is 5.91 Å². The van der Waals surface area contributed by atoms with E-state index in [0.717, 1.165) is 22.5 Å². The molecule has 150 valence electrons. The fraction of sp³-hybridized carbons (Fsp3) is 0. The highest BCUT2D eigenvalue weighted by atomic mass is 32.2. The van der Waals surface area contributed by atoms with Crippen molar-refractivity contribution in [1.82, 2.24) is 19.7 Å². The van der Waals surface area contributed by atoms with Crippen LogP contribution in [0.2, 0.25) is 0 Å². The largest absolute Gasteiger partial charge is 0.270 e. The van der Waals surface area contributed by atoms with E-state index in [1.165, 1.54) is 16.7 Å². The first-order valence-corrected chi connectivity index (χ1v) is 10.7. The Labute approximate surface area is 188 Å². The number of carbonyl (C=O) groups excluding carboxylic acids is 1. The Bertz CT molecular complexity index is 1290. The topological polar surface area (TPSA) is 63.9 Å². The Morgan fingerprint density at radius 3 is 2.35 bits per heavy atom. The van der Waals surface area contributed by atoms with Gasteiger partial charge in [-0.2, -0.15) is 5.10 Å². The van der Waals surface area contributed by atoms with Crippen LogP contribution in [0.3, 0.4) is 0 Å². The number of thiocarbonyl (C=S) groups is 1. The van der Waals surface area contributed by atoms with Crippen molar-refractivity contribution in [3.05, 3.63) is 96.1 Å². The lowest BCUT2D eigenvalue weighted by atomic mass is 10.1. The highest BCUT2D eigenvalue weighted by molar-refractivity contribution is 8.27. The minimum atomic E-state index is -0.174. The van der Waals surface area contributed by atoms with Crippen LogP contribution < -0.4 is 4.90 Å². The highest BCUT2D eigenvalue weighted by Crippen LogP contribution is 2.37. The van der Waals surface area contributed by atoms with E-state index < -0.39 is 0 Å². The first-order valence-electron chi connectivity index (χ1n) is 9.44. The maximum atomic E-state index is 13.1. The normalized spacial score (nSPS) is 15.1. The number of aromatic nitrogens is 4. The number of anilines is 1. The molecule has 0 saturated carbocycles. The van der Waals surface area contributed by atoms with Crippen LogP contribution in [0.15, 0.2) is 90.5 Å². The lowest BCUT2D eigenvalue weighted by molar-refractivity contribution is -0.113. The van der Waals surface area contributed by atoms with E-state index in [1.807, 2.05) is 60.8 Å². The summed E-state index contributed by atoms with van der Waals surface area (Å²) in [6, 6.07) is 17.2. The van der Waals surface area contributed by atoms with Crippen LogP contribution in [0.1, 0.15) is 5.56 Å². The summed E-state index contributed by atoms with van der Waals surface area (Å²) >= 11 is 6.74. The number of rotatable bonds is 4. The Morgan fingerprint density at radius 2 is 1.65 bits per heavy atom. The SMILES string of the molecule is O=C1/C(=C/c2cn(-c3ccccc3)nc2-c2cccnc2)SC(=S)N1c1cccnc1. The first kappa shape index (κ1) is 19.3. The van der Waals surface area contributed by atoms with E-state index in [4.69, 9.17) is 17.3 Å². The monoisotopic (exact) mass is 441 g/mol. The van der Waals surface area contributed by atoms with Crippen molar-refractivity contribution in [3.63, 3.8) is 0 Å². The van der Waals surface area contributed by atoms with Crippen LogP contribution in [0.5, 0.6) is 0 Å². The molecule has 4 heterocycles. The summed E-state index contributed by atoms with van der Waals surface area (Å²) in [4.78, 5) is 23.5. The van der Waals surface area contributed by atoms with Crippen LogP contribution >= 0.6 is 24.0 Å². The van der Waals surface area contributed by atoms with Gasteiger partial charge < -0.3 is 0 Å². The molecule has 0 aliphatic carbocycles. The van der Waals surface area contributed by atoms with Crippen molar-refractivity contribution < 1.29 is 4.79 Å². The van der Waals surface area contributed by atoms with Crippen LogP contribution in [-0.2, 0) is 4.79 Å². The minimum absolute atomic E-state index is 0.174. The molecule has 5 rings (SSSR count). The van der Waals surface area contributed by atoms with Gasteiger partial charge in [0.2, 0.25) is 0 Å². The molecule has 3 aromatic heterocycles. The molecule has 0 atom stereocenters. The van der Waals surface area contributed by atoms with Crippen LogP contribution in [0, 0.1) is 0 Å². The molecule has 0 unspecified atom stereocenters. The fourth-order valence-corrected chi connectivity index (χ4v) is 4.54. The Kier molecular flexibility index (Phi) is 5.15. The third kappa shape index (κ3) is 3.78. The van der Waals surface area contributed by atoms with Gasteiger partial charge in [0.1, 0.15) is 5.69 Å². The number of nitrogens with zero attached hydrogens (tertiary/aromatic N) is 5. The van der Waals surface area contributed by atoms with Crippen molar-refractivity contribution in [1.29, 1.82) is 0 Å². The van der Waals surface area contributed by atoms with Gasteiger partial charge in [0, 0.05) is 35.9 Å². The van der Waals surface area contributed by atoms with Crippen molar-refractivity contribution in [2.75, 3.05) is 4.90 Å². The van der Waals surface area contributed by atoms with E-state index in [0.29, 0.717) is 14.9 Å². The smallest absolute Gasteiger partial charge is 0.268 e. The molecule has 1 fully saturated rings. The molecule has 0 bridgehead atoms. The molecule has 1 amide bonds. The maximum Gasteiger partial charge on any atom is 0.270 e. The molecule has 0 spiro atoms. The fourth-order valence-electron chi connectivity index (χ4n) is 3.25. The van der Waals surface area contributed by atoms with Crippen molar-refractivity contribution in [2.45, 2.75) is 0 Å². The number of thioether (sulfide) groups is 1. The second kappa shape index (κ2) is 8.25. The molecule has 1 saturated heterocycles. The number of para-hydroxylation sites is 1. The van der Waals surface area contributed by atoms with Crippen molar-refractivity contribution in [2.24, 2.45) is 0 Å². The van der Waals surface area contributed by atoms with Gasteiger partial charge in [0.05, 0.1) is 22.5 Å². The van der Waals surface area contributed by atoms with Gasteiger partial charge in [0.15, 0.2) is 4.32 Å². The molecule has 0 N–H and O–H groups in total. The Balaban J connectivity index is 1.58. The van der Waals surface area contributed by atoms with E-state index in [9.17, 15) is 4.79 Å². The Hall–Kier alpha value is -3.62. The number of pyridine rings is 2. The van der Waals surface area contributed by atoms with Crippen molar-refractivity contribution >= 4 is 46.0 Å². The van der Waals surface area contributed by atoms with E-state index in [1.54, 1.807) is 35.5 Å². The molecule has 1 aromatic carbocycles. The van der Waals surface area contributed by atoms with E-state index in [2.05, 4.69) is 9.97 Å². The standard InChI is InChI=1S/C23H15N5OS2/c29-22-20(31-23(30)28(22)19-9-5-11-25-14-19)12-17-15-27(18-7-2-1-3-8-18)26-21(17)16-6-4-10-24-13-16/h1-15H/b20-12-. The van der Waals surface area contributed by atoms with Gasteiger partial charge in [0.25, 0.3) is 5.91 Å². The molecule has 1 aliphatic rings. The number of hydrogen-bond acceptors (Lipinski definition) is 6. The predicted molar refractivity (Wildman–Crippen MR) is 127 cm³/mol. The number of benzene rings is 1. The summed E-state index contributed by atoms with van der Waals surface area (Å²) in [5, 5.41) is 4.77. The molecule has 0 radical (unpaired) electrons. The van der Waals surface area contributed by atoms with Gasteiger partial charge in [-0.15, -0.1) is 0 Å². The first-order chi connectivity index (χ1) is 15.2. The average molecular weight is 442 g/mol. The Morgan fingerprint density at radius 1 is 0.903 bits per heavy atom. The minimum Gasteiger partial charge on any atom is -0.268 e. The average Bonchev–Trinajstić information content (AvgIpc) is 3.36. The quantitative estimate of drug-likeness (QED) is 0.337. The number of carbonyl (C=O) groups is 1. The van der Waals surface area contributed by atoms with E-state index >= 15 is 0 Å². The lowest BCUT2D eigenvalue weighted by Crippen LogP contribution is -2.27. The third-order valence-electron chi connectivity index (χ3n) is 4.68. The second-order valence-corrected chi connectivity index (χ2v) is 8.36. The summed E-state index contributed by atoms with van der Waals surface area (Å²) in [5.74, 6) is -0.174. The van der Waals surface area contributed by atoms with Crippen LogP contribution in [0.25, 0.3) is 23.0 Å². The molecule has 8 heteroatoms. The van der Waals surface area contributed by atoms with Gasteiger partial charge in [-0.1, -0.05) is 42.2 Å². The molecule has 1 aliphatic heterocycles. The summed E-state index contributed by atoms with van der Waals surface area (Å²) in [7, 11) is 0. The summed E-state index contributed by atoms with van der Waals surface area (Å²) < 4.78 is 2.28. The van der Waals surface area contributed by atoms with Gasteiger partial charge in [-0.3, -0.25) is 19.7 Å². The lowest BCUT2D eigenvalue weighted by Gasteiger charge is -2.13. The van der Waals surface area contributed by atoms with Gasteiger partial charge in [-0.05, 0) is 42.5 Å². The number of amides is 1. The zero-order valence-corrected chi connectivity index (χ0v) is 17.8. The zero-order valence-electron chi connectivity index (χ0n) is 16.1. The molecule has 4 aromatic rings. The second-order valence-electron chi connectivity index (χ2n) is 6.68. The predicted octanol–water partition coefficient (Wildman–Crippen LogP) is 4.74.